The molecule has 10 heteroatoms. The number of esters is 1. The maximum Gasteiger partial charge on any atom is 0.408 e. The van der Waals surface area contributed by atoms with Crippen molar-refractivity contribution >= 4 is 34.0 Å². The molecule has 2 aromatic carbocycles. The molecule has 2 heterocycles. The van der Waals surface area contributed by atoms with Gasteiger partial charge in [-0.3, -0.25) is 0 Å². The third kappa shape index (κ3) is 5.48. The lowest BCUT2D eigenvalue weighted by Gasteiger charge is -2.32. The molecule has 0 bridgehead atoms. The zero-order valence-corrected chi connectivity index (χ0v) is 24.5. The molecule has 214 valence electrons. The van der Waals surface area contributed by atoms with E-state index in [1.807, 2.05) is 30.7 Å². The molecule has 0 aliphatic rings. The predicted molar refractivity (Wildman–Crippen MR) is 152 cm³/mol. The summed E-state index contributed by atoms with van der Waals surface area (Å²) in [5.41, 5.74) is 1.06. The largest absolute Gasteiger partial charge is 0.494 e. The maximum absolute atomic E-state index is 16.0. The van der Waals surface area contributed by atoms with Gasteiger partial charge in [0.2, 0.25) is 0 Å². The van der Waals surface area contributed by atoms with Gasteiger partial charge in [0.05, 0.1) is 41.0 Å². The van der Waals surface area contributed by atoms with Gasteiger partial charge in [-0.05, 0) is 66.2 Å². The number of aryl methyl sites for hydroxylation is 1. The van der Waals surface area contributed by atoms with Crippen LogP contribution in [0.1, 0.15) is 70.8 Å². The zero-order valence-electron chi connectivity index (χ0n) is 24.5. The van der Waals surface area contributed by atoms with Crippen LogP contribution >= 0.6 is 0 Å². The Morgan fingerprint density at radius 1 is 1.15 bits per heavy atom. The number of ether oxygens (including phenoxy) is 3. The number of carbonyl (C=O) groups is 2. The number of nitrogens with zero attached hydrogens (tertiary/aromatic N) is 2. The van der Waals surface area contributed by atoms with E-state index in [-0.39, 0.29) is 6.10 Å². The molecule has 1 atom stereocenters. The van der Waals surface area contributed by atoms with Gasteiger partial charge in [0.25, 0.3) is 0 Å². The summed E-state index contributed by atoms with van der Waals surface area (Å²) >= 11 is 0. The van der Waals surface area contributed by atoms with Gasteiger partial charge in [-0.25, -0.2) is 19.0 Å². The van der Waals surface area contributed by atoms with E-state index in [1.54, 1.807) is 59.7 Å². The van der Waals surface area contributed by atoms with Crippen molar-refractivity contribution in [1.29, 1.82) is 0 Å². The molecule has 2 N–H and O–H groups in total. The number of carbonyl (C=O) groups excluding carboxylic acids is 2. The normalized spacial score (nSPS) is 13.5. The van der Waals surface area contributed by atoms with E-state index in [0.29, 0.717) is 56.8 Å². The van der Waals surface area contributed by atoms with Crippen LogP contribution in [0.2, 0.25) is 0 Å². The van der Waals surface area contributed by atoms with Crippen LogP contribution in [0.4, 0.5) is 9.18 Å². The van der Waals surface area contributed by atoms with Crippen molar-refractivity contribution in [3.8, 4) is 17.3 Å². The van der Waals surface area contributed by atoms with E-state index in [2.05, 4.69) is 10.3 Å². The second-order valence-electron chi connectivity index (χ2n) is 11.4. The second kappa shape index (κ2) is 10.5. The van der Waals surface area contributed by atoms with Crippen LogP contribution in [0.15, 0.2) is 30.3 Å². The number of benzene rings is 2. The maximum atomic E-state index is 16.0. The predicted octanol–water partition coefficient (Wildman–Crippen LogP) is 6.58. The molecule has 0 fully saturated rings. The summed E-state index contributed by atoms with van der Waals surface area (Å²) in [6.45, 7) is 12.5. The van der Waals surface area contributed by atoms with Crippen molar-refractivity contribution in [2.75, 3.05) is 7.11 Å². The lowest BCUT2D eigenvalue weighted by Crippen LogP contribution is -2.46. The summed E-state index contributed by atoms with van der Waals surface area (Å²) < 4.78 is 34.2. The number of aromatic amines is 1. The number of aromatic nitrogens is 3. The average Bonchev–Trinajstić information content (AvgIpc) is 3.43. The molecule has 4 aromatic rings. The highest BCUT2D eigenvalue weighted by molar-refractivity contribution is 5.97. The molecule has 0 saturated carbocycles. The van der Waals surface area contributed by atoms with Crippen LogP contribution in [-0.4, -0.2) is 45.4 Å². The van der Waals surface area contributed by atoms with Crippen LogP contribution < -0.4 is 10.1 Å². The standard InChI is InChI=1S/C30H37FN4O5/c1-10-30(7,34-28(37)40-29(4,5)6)19-12-11-17-13-21(32-24(17)23(19)31)26-33-20-14-18(27(36)39-16(2)3)15-22(38-9)25(20)35(26)8/h11-16,32H,10H2,1-9H3,(H,34,37). The summed E-state index contributed by atoms with van der Waals surface area (Å²) in [4.78, 5) is 33.0. The number of H-pyrrole nitrogens is 1. The third-order valence-corrected chi connectivity index (χ3v) is 6.79. The lowest BCUT2D eigenvalue weighted by atomic mass is 9.88. The number of amides is 1. The molecular weight excluding hydrogens is 515 g/mol. The first-order chi connectivity index (χ1) is 18.7. The van der Waals surface area contributed by atoms with Crippen molar-refractivity contribution in [1.82, 2.24) is 19.9 Å². The summed E-state index contributed by atoms with van der Waals surface area (Å²) in [5, 5.41) is 3.49. The van der Waals surface area contributed by atoms with Gasteiger partial charge in [0.15, 0.2) is 11.6 Å². The van der Waals surface area contributed by atoms with E-state index in [4.69, 9.17) is 19.2 Å². The van der Waals surface area contributed by atoms with E-state index in [9.17, 15) is 9.59 Å². The molecule has 2 aromatic heterocycles. The number of hydrogen-bond acceptors (Lipinski definition) is 6. The summed E-state index contributed by atoms with van der Waals surface area (Å²) in [6, 6.07) is 8.58. The van der Waals surface area contributed by atoms with Crippen LogP contribution in [-0.2, 0) is 22.1 Å². The monoisotopic (exact) mass is 552 g/mol. The molecule has 0 aliphatic carbocycles. The average molecular weight is 553 g/mol. The Morgan fingerprint density at radius 2 is 1.85 bits per heavy atom. The highest BCUT2D eigenvalue weighted by Crippen LogP contribution is 2.36. The Hall–Kier alpha value is -4.08. The third-order valence-electron chi connectivity index (χ3n) is 6.79. The van der Waals surface area contributed by atoms with Gasteiger partial charge in [-0.2, -0.15) is 0 Å². The van der Waals surface area contributed by atoms with Gasteiger partial charge in [-0.1, -0.05) is 19.1 Å². The number of hydrogen-bond donors (Lipinski definition) is 2. The topological polar surface area (TPSA) is 107 Å². The summed E-state index contributed by atoms with van der Waals surface area (Å²) in [5.74, 6) is 0.0525. The zero-order chi connectivity index (χ0) is 29.6. The first kappa shape index (κ1) is 28.9. The highest BCUT2D eigenvalue weighted by Gasteiger charge is 2.33. The molecule has 1 unspecified atom stereocenters. The minimum atomic E-state index is -1.00. The van der Waals surface area contributed by atoms with Crippen molar-refractivity contribution in [2.24, 2.45) is 7.05 Å². The molecule has 9 nitrogen and oxygen atoms in total. The van der Waals surface area contributed by atoms with Gasteiger partial charge < -0.3 is 29.1 Å². The number of alkyl carbamates (subject to hydrolysis) is 1. The van der Waals surface area contributed by atoms with Gasteiger partial charge in [-0.15, -0.1) is 0 Å². The number of rotatable bonds is 7. The van der Waals surface area contributed by atoms with E-state index >= 15 is 4.39 Å². The molecule has 0 saturated heterocycles. The molecule has 0 aliphatic heterocycles. The highest BCUT2D eigenvalue weighted by atomic mass is 19.1. The Bertz CT molecular complexity index is 1600. The van der Waals surface area contributed by atoms with E-state index < -0.39 is 29.0 Å². The molecular formula is C30H37FN4O5. The first-order valence-electron chi connectivity index (χ1n) is 13.3. The summed E-state index contributed by atoms with van der Waals surface area (Å²) in [7, 11) is 3.35. The number of methoxy groups -OCH3 is 1. The second-order valence-corrected chi connectivity index (χ2v) is 11.4. The van der Waals surface area contributed by atoms with Crippen molar-refractivity contribution in [3.63, 3.8) is 0 Å². The molecule has 1 amide bonds. The molecule has 4 rings (SSSR count). The molecule has 0 radical (unpaired) electrons. The Balaban J connectivity index is 1.78. The van der Waals surface area contributed by atoms with Gasteiger partial charge in [0.1, 0.15) is 16.9 Å². The van der Waals surface area contributed by atoms with Crippen LogP contribution in [0, 0.1) is 5.82 Å². The van der Waals surface area contributed by atoms with Crippen molar-refractivity contribution in [3.05, 3.63) is 47.3 Å². The first-order valence-corrected chi connectivity index (χ1v) is 13.3. The van der Waals surface area contributed by atoms with E-state index in [1.165, 1.54) is 7.11 Å². The minimum Gasteiger partial charge on any atom is -0.494 e. The quantitative estimate of drug-likeness (QED) is 0.251. The Kier molecular flexibility index (Phi) is 7.58. The summed E-state index contributed by atoms with van der Waals surface area (Å²) in [6.07, 6.45) is -0.448. The Labute approximate surface area is 233 Å². The lowest BCUT2D eigenvalue weighted by molar-refractivity contribution is 0.0376. The van der Waals surface area contributed by atoms with E-state index in [0.717, 1.165) is 0 Å². The molecule has 0 spiro atoms. The fourth-order valence-electron chi connectivity index (χ4n) is 4.69. The number of nitrogens with one attached hydrogen (secondary N) is 2. The fourth-order valence-corrected chi connectivity index (χ4v) is 4.69. The fraction of sp³-hybridized carbons (Fsp3) is 0.433. The van der Waals surface area contributed by atoms with Gasteiger partial charge in [0, 0.05) is 18.0 Å². The van der Waals surface area contributed by atoms with Crippen LogP contribution in [0.3, 0.4) is 0 Å². The number of halogens is 1. The van der Waals surface area contributed by atoms with Crippen molar-refractivity contribution in [2.45, 2.75) is 72.1 Å². The Morgan fingerprint density at radius 3 is 2.45 bits per heavy atom. The molecule has 40 heavy (non-hydrogen) atoms. The smallest absolute Gasteiger partial charge is 0.408 e. The van der Waals surface area contributed by atoms with Crippen molar-refractivity contribution < 1.29 is 28.2 Å². The van der Waals surface area contributed by atoms with Crippen LogP contribution in [0.25, 0.3) is 33.5 Å². The van der Waals surface area contributed by atoms with Gasteiger partial charge >= 0.3 is 12.1 Å². The van der Waals surface area contributed by atoms with Crippen LogP contribution in [0.5, 0.6) is 5.75 Å². The number of fused-ring (bicyclic) bond motifs is 2. The number of imidazole rings is 1. The SMILES string of the molecule is CCC(C)(NC(=O)OC(C)(C)C)c1ccc2cc(-c3nc4cc(C(=O)OC(C)C)cc(OC)c4n3C)[nH]c2c1F. The minimum absolute atomic E-state index is 0.270.